The zero-order chi connectivity index (χ0) is 17.1. The number of nitrogens with zero attached hydrogens (tertiary/aromatic N) is 3. The van der Waals surface area contributed by atoms with E-state index in [-0.39, 0.29) is 0 Å². The first-order valence-corrected chi connectivity index (χ1v) is 9.11. The van der Waals surface area contributed by atoms with E-state index in [2.05, 4.69) is 56.3 Å². The highest BCUT2D eigenvalue weighted by molar-refractivity contribution is 5.78. The van der Waals surface area contributed by atoms with E-state index in [0.29, 0.717) is 0 Å². The number of hydrogen-bond acceptors (Lipinski definition) is 4. The number of imidazole rings is 1. The largest absolute Gasteiger partial charge is 0.369 e. The van der Waals surface area contributed by atoms with Crippen molar-refractivity contribution in [3.63, 3.8) is 0 Å². The summed E-state index contributed by atoms with van der Waals surface area (Å²) in [7, 11) is 0. The van der Waals surface area contributed by atoms with E-state index in [1.165, 1.54) is 18.7 Å². The Morgan fingerprint density at radius 1 is 1.00 bits per heavy atom. The summed E-state index contributed by atoms with van der Waals surface area (Å²) in [5.41, 5.74) is 4.37. The summed E-state index contributed by atoms with van der Waals surface area (Å²) in [6.07, 6.45) is 1.24. The zero-order valence-corrected chi connectivity index (χ0v) is 14.7. The number of benzene rings is 2. The molecule has 0 aliphatic carbocycles. The molecule has 0 atom stereocenters. The first-order chi connectivity index (χ1) is 12.3. The smallest absolute Gasteiger partial charge is 0.205 e. The Morgan fingerprint density at radius 2 is 1.76 bits per heavy atom. The van der Waals surface area contributed by atoms with Crippen molar-refractivity contribution in [2.45, 2.75) is 13.3 Å². The van der Waals surface area contributed by atoms with Crippen molar-refractivity contribution >= 4 is 28.4 Å². The van der Waals surface area contributed by atoms with Crippen LogP contribution in [0.2, 0.25) is 0 Å². The third kappa shape index (κ3) is 3.61. The number of H-pyrrole nitrogens is 1. The molecule has 5 heteroatoms. The summed E-state index contributed by atoms with van der Waals surface area (Å²) < 4.78 is 0. The number of fused-ring (bicyclic) bond motifs is 1. The van der Waals surface area contributed by atoms with Crippen LogP contribution in [0.25, 0.3) is 11.0 Å². The predicted molar refractivity (Wildman–Crippen MR) is 105 cm³/mol. The molecule has 0 spiro atoms. The molecule has 0 radical (unpaired) electrons. The molecule has 0 unspecified atom stereocenters. The zero-order valence-electron chi connectivity index (χ0n) is 14.7. The number of hydrogen-bond donors (Lipinski definition) is 2. The van der Waals surface area contributed by atoms with Gasteiger partial charge in [0.2, 0.25) is 5.95 Å². The van der Waals surface area contributed by atoms with Gasteiger partial charge in [0, 0.05) is 37.6 Å². The van der Waals surface area contributed by atoms with E-state index in [0.717, 1.165) is 48.8 Å². The van der Waals surface area contributed by atoms with E-state index in [1.54, 1.807) is 0 Å². The molecule has 0 saturated carbocycles. The summed E-state index contributed by atoms with van der Waals surface area (Å²) in [6.45, 7) is 8.00. The van der Waals surface area contributed by atoms with Crippen LogP contribution in [-0.4, -0.2) is 47.6 Å². The fourth-order valence-corrected chi connectivity index (χ4v) is 3.45. The normalized spacial score (nSPS) is 15.6. The Hall–Kier alpha value is -2.53. The van der Waals surface area contributed by atoms with Crippen molar-refractivity contribution in [3.8, 4) is 0 Å². The monoisotopic (exact) mass is 335 g/mol. The van der Waals surface area contributed by atoms with Gasteiger partial charge in [-0.15, -0.1) is 0 Å². The Morgan fingerprint density at radius 3 is 2.48 bits per heavy atom. The van der Waals surface area contributed by atoms with Gasteiger partial charge in [0.05, 0.1) is 11.0 Å². The quantitative estimate of drug-likeness (QED) is 0.744. The fraction of sp³-hybridized carbons (Fsp3) is 0.350. The van der Waals surface area contributed by atoms with Crippen molar-refractivity contribution < 1.29 is 0 Å². The van der Waals surface area contributed by atoms with Gasteiger partial charge in [-0.2, -0.15) is 0 Å². The Kier molecular flexibility index (Phi) is 4.57. The van der Waals surface area contributed by atoms with Crippen molar-refractivity contribution in [2.24, 2.45) is 0 Å². The van der Waals surface area contributed by atoms with Gasteiger partial charge in [0.1, 0.15) is 0 Å². The van der Waals surface area contributed by atoms with Gasteiger partial charge >= 0.3 is 0 Å². The van der Waals surface area contributed by atoms with Gasteiger partial charge in [-0.3, -0.25) is 4.90 Å². The molecule has 5 nitrogen and oxygen atoms in total. The highest BCUT2D eigenvalue weighted by atomic mass is 15.3. The molecule has 25 heavy (non-hydrogen) atoms. The molecule has 2 aromatic carbocycles. The lowest BCUT2D eigenvalue weighted by Crippen LogP contribution is -2.46. The highest BCUT2D eigenvalue weighted by Crippen LogP contribution is 2.22. The third-order valence-corrected chi connectivity index (χ3v) is 4.80. The maximum atomic E-state index is 4.56. The molecule has 1 aliphatic heterocycles. The van der Waals surface area contributed by atoms with Gasteiger partial charge in [0.25, 0.3) is 0 Å². The molecule has 0 bridgehead atoms. The number of aromatic nitrogens is 2. The van der Waals surface area contributed by atoms with Crippen LogP contribution in [0, 0.1) is 0 Å². The van der Waals surface area contributed by atoms with Gasteiger partial charge in [0.15, 0.2) is 0 Å². The van der Waals surface area contributed by atoms with E-state index >= 15 is 0 Å². The maximum Gasteiger partial charge on any atom is 0.205 e. The summed E-state index contributed by atoms with van der Waals surface area (Å²) in [5, 5.41) is 3.35. The Balaban J connectivity index is 1.40. The fourth-order valence-electron chi connectivity index (χ4n) is 3.45. The summed E-state index contributed by atoms with van der Waals surface area (Å²) in [4.78, 5) is 12.9. The number of nitrogens with one attached hydrogen (secondary N) is 2. The number of para-hydroxylation sites is 2. The van der Waals surface area contributed by atoms with Crippen molar-refractivity contribution in [2.75, 3.05) is 42.9 Å². The number of aromatic amines is 1. The van der Waals surface area contributed by atoms with Crippen molar-refractivity contribution in [3.05, 3.63) is 48.5 Å². The average Bonchev–Trinajstić information content (AvgIpc) is 3.06. The summed E-state index contributed by atoms with van der Waals surface area (Å²) in [6, 6.07) is 16.7. The number of anilines is 3. The minimum atomic E-state index is 0.780. The lowest BCUT2D eigenvalue weighted by Gasteiger charge is -2.36. The van der Waals surface area contributed by atoms with Crippen molar-refractivity contribution in [1.82, 2.24) is 14.9 Å². The van der Waals surface area contributed by atoms with Crippen LogP contribution in [0.15, 0.2) is 48.5 Å². The minimum absolute atomic E-state index is 0.780. The first-order valence-electron chi connectivity index (χ1n) is 9.11. The van der Waals surface area contributed by atoms with Crippen LogP contribution in [0.3, 0.4) is 0 Å². The Bertz CT molecular complexity index is 782. The van der Waals surface area contributed by atoms with Gasteiger partial charge in [-0.05, 0) is 49.4 Å². The second-order valence-electron chi connectivity index (χ2n) is 6.60. The number of rotatable bonds is 5. The molecule has 2 heterocycles. The van der Waals surface area contributed by atoms with Crippen LogP contribution in [0.4, 0.5) is 17.3 Å². The molecule has 0 amide bonds. The summed E-state index contributed by atoms with van der Waals surface area (Å²) in [5.74, 6) is 0.780. The van der Waals surface area contributed by atoms with Crippen molar-refractivity contribution in [1.29, 1.82) is 0 Å². The van der Waals surface area contributed by atoms with Gasteiger partial charge in [-0.25, -0.2) is 4.98 Å². The van der Waals surface area contributed by atoms with E-state index in [1.807, 2.05) is 24.3 Å². The molecule has 1 fully saturated rings. The molecule has 1 saturated heterocycles. The third-order valence-electron chi connectivity index (χ3n) is 4.80. The van der Waals surface area contributed by atoms with Crippen LogP contribution >= 0.6 is 0 Å². The average molecular weight is 335 g/mol. The predicted octanol–water partition coefficient (Wildman–Crippen LogP) is 3.84. The van der Waals surface area contributed by atoms with Crippen LogP contribution in [0.1, 0.15) is 13.3 Å². The van der Waals surface area contributed by atoms with Crippen LogP contribution in [-0.2, 0) is 0 Å². The SMILES string of the molecule is CCCN1CCN(c2ccc(Nc3nc4ccccc4[nH]3)cc2)CC1. The minimum Gasteiger partial charge on any atom is -0.369 e. The highest BCUT2D eigenvalue weighted by Gasteiger charge is 2.16. The molecule has 1 aromatic heterocycles. The van der Waals surface area contributed by atoms with E-state index in [9.17, 15) is 0 Å². The van der Waals surface area contributed by atoms with Gasteiger partial charge in [-0.1, -0.05) is 19.1 Å². The molecule has 1 aliphatic rings. The van der Waals surface area contributed by atoms with Gasteiger partial charge < -0.3 is 15.2 Å². The van der Waals surface area contributed by atoms with E-state index in [4.69, 9.17) is 0 Å². The second kappa shape index (κ2) is 7.15. The summed E-state index contributed by atoms with van der Waals surface area (Å²) >= 11 is 0. The molecular formula is C20H25N5. The maximum absolute atomic E-state index is 4.56. The molecule has 4 rings (SSSR count). The van der Waals surface area contributed by atoms with Crippen LogP contribution in [0.5, 0.6) is 0 Å². The Labute approximate surface area is 148 Å². The topological polar surface area (TPSA) is 47.2 Å². The van der Waals surface area contributed by atoms with Crippen LogP contribution < -0.4 is 10.2 Å². The lowest BCUT2D eigenvalue weighted by atomic mass is 10.2. The molecule has 2 N–H and O–H groups in total. The first kappa shape index (κ1) is 16.0. The van der Waals surface area contributed by atoms with E-state index < -0.39 is 0 Å². The molecular weight excluding hydrogens is 310 g/mol. The second-order valence-corrected chi connectivity index (χ2v) is 6.60. The standard InChI is InChI=1S/C20H25N5/c1-2-11-24-12-14-25(15-13-24)17-9-7-16(8-10-17)21-20-22-18-5-3-4-6-19(18)23-20/h3-10H,2,11-15H2,1H3,(H2,21,22,23). The number of piperazine rings is 1. The molecule has 130 valence electrons. The lowest BCUT2D eigenvalue weighted by molar-refractivity contribution is 0.258. The molecule has 3 aromatic rings.